The van der Waals surface area contributed by atoms with Crippen molar-refractivity contribution in [2.24, 2.45) is 0 Å². The van der Waals surface area contributed by atoms with E-state index >= 15 is 0 Å². The van der Waals surface area contributed by atoms with Gasteiger partial charge in [0.1, 0.15) is 0 Å². The van der Waals surface area contributed by atoms with Crippen molar-refractivity contribution in [1.29, 1.82) is 0 Å². The Kier molecular flexibility index (Phi) is 4.31. The largest absolute Gasteiger partial charge is 0.390 e. The van der Waals surface area contributed by atoms with E-state index in [1.54, 1.807) is 0 Å². The van der Waals surface area contributed by atoms with Gasteiger partial charge in [-0.3, -0.25) is 0 Å². The molecule has 80 valence electrons. The molecular weight excluding hydrogens is 194 g/mol. The van der Waals surface area contributed by atoms with Crippen molar-refractivity contribution in [3.05, 3.63) is 0 Å². The van der Waals surface area contributed by atoms with Crippen LogP contribution in [0.1, 0.15) is 20.3 Å². The molecule has 0 heterocycles. The second-order valence-corrected chi connectivity index (χ2v) is 5.46. The minimum absolute atomic E-state index is 0.129. The summed E-state index contributed by atoms with van der Waals surface area (Å²) in [6.45, 7) is 3.07. The zero-order chi connectivity index (χ0) is 10.7. The smallest absolute Gasteiger partial charge is 0.208 e. The summed E-state index contributed by atoms with van der Waals surface area (Å²) in [5.41, 5.74) is -1.20. The molecule has 1 atom stereocenters. The third-order valence-corrected chi connectivity index (χ3v) is 2.33. The molecule has 0 aliphatic heterocycles. The lowest BCUT2D eigenvalue weighted by atomic mass is 9.99. The molecule has 0 aliphatic rings. The highest BCUT2D eigenvalue weighted by atomic mass is 32.2. The van der Waals surface area contributed by atoms with Crippen LogP contribution in [0.4, 0.5) is 0 Å². The molecule has 0 radical (unpaired) electrons. The first-order valence-corrected chi connectivity index (χ1v) is 5.87. The highest BCUT2D eigenvalue weighted by Crippen LogP contribution is 2.10. The Bertz CT molecular complexity index is 242. The molecule has 0 aromatic heterocycles. The van der Waals surface area contributed by atoms with Crippen molar-refractivity contribution >= 4 is 10.0 Å². The summed E-state index contributed by atoms with van der Waals surface area (Å²) in [5.74, 6) is 0. The highest BCUT2D eigenvalue weighted by Gasteiger charge is 2.23. The number of hydrogen-bond donors (Lipinski definition) is 3. The summed E-state index contributed by atoms with van der Waals surface area (Å²) >= 11 is 0. The Morgan fingerprint density at radius 2 is 1.92 bits per heavy atom. The van der Waals surface area contributed by atoms with Crippen LogP contribution < -0.4 is 4.72 Å². The van der Waals surface area contributed by atoms with Crippen LogP contribution in [0.3, 0.4) is 0 Å². The number of aliphatic hydroxyl groups excluding tert-OH is 1. The monoisotopic (exact) mass is 211 g/mol. The summed E-state index contributed by atoms with van der Waals surface area (Å²) in [5, 5.41) is 18.6. The lowest BCUT2D eigenvalue weighted by molar-refractivity contribution is -0.0503. The van der Waals surface area contributed by atoms with Gasteiger partial charge in [0.15, 0.2) is 0 Å². The average Bonchev–Trinajstić information content (AvgIpc) is 1.82. The van der Waals surface area contributed by atoms with Gasteiger partial charge in [-0.15, -0.1) is 0 Å². The molecule has 0 saturated heterocycles. The molecule has 0 spiro atoms. The molecule has 5 nitrogen and oxygen atoms in total. The standard InChI is InChI=1S/C7H17NO4S/c1-7(2,10)6(9)4-5-8-13(3,11)12/h6,8-10H,4-5H2,1-3H3. The molecule has 0 bridgehead atoms. The highest BCUT2D eigenvalue weighted by molar-refractivity contribution is 7.88. The Morgan fingerprint density at radius 1 is 1.46 bits per heavy atom. The van der Waals surface area contributed by atoms with Crippen LogP contribution in [0.15, 0.2) is 0 Å². The van der Waals surface area contributed by atoms with Gasteiger partial charge < -0.3 is 10.2 Å². The van der Waals surface area contributed by atoms with Crippen molar-refractivity contribution in [2.45, 2.75) is 32.0 Å². The van der Waals surface area contributed by atoms with Gasteiger partial charge in [-0.1, -0.05) is 0 Å². The maximum absolute atomic E-state index is 10.6. The number of hydrogen-bond acceptors (Lipinski definition) is 4. The molecule has 0 rings (SSSR count). The minimum atomic E-state index is -3.21. The Morgan fingerprint density at radius 3 is 2.23 bits per heavy atom. The number of nitrogens with one attached hydrogen (secondary N) is 1. The first-order valence-electron chi connectivity index (χ1n) is 3.98. The molecular formula is C7H17NO4S. The first kappa shape index (κ1) is 12.8. The van der Waals surface area contributed by atoms with Crippen LogP contribution in [0, 0.1) is 0 Å². The van der Waals surface area contributed by atoms with Gasteiger partial charge in [0, 0.05) is 6.54 Å². The summed E-state index contributed by atoms with van der Waals surface area (Å²) in [6, 6.07) is 0. The fourth-order valence-electron chi connectivity index (χ4n) is 0.734. The predicted molar refractivity (Wildman–Crippen MR) is 49.8 cm³/mol. The molecule has 0 aromatic carbocycles. The zero-order valence-electron chi connectivity index (χ0n) is 8.11. The minimum Gasteiger partial charge on any atom is -0.390 e. The molecule has 6 heteroatoms. The Labute approximate surface area is 78.8 Å². The van der Waals surface area contributed by atoms with Gasteiger partial charge in [-0.25, -0.2) is 13.1 Å². The molecule has 0 saturated carbocycles. The normalized spacial score (nSPS) is 15.8. The van der Waals surface area contributed by atoms with Crippen LogP contribution in [0.25, 0.3) is 0 Å². The van der Waals surface area contributed by atoms with Crippen molar-refractivity contribution in [3.63, 3.8) is 0 Å². The van der Waals surface area contributed by atoms with Crippen LogP contribution in [-0.2, 0) is 10.0 Å². The van der Waals surface area contributed by atoms with Gasteiger partial charge in [-0.05, 0) is 20.3 Å². The third kappa shape index (κ3) is 6.94. The number of rotatable bonds is 5. The quantitative estimate of drug-likeness (QED) is 0.547. The fraction of sp³-hybridized carbons (Fsp3) is 1.00. The van der Waals surface area contributed by atoms with E-state index in [-0.39, 0.29) is 13.0 Å². The topological polar surface area (TPSA) is 86.6 Å². The fourth-order valence-corrected chi connectivity index (χ4v) is 1.22. The number of aliphatic hydroxyl groups is 2. The lowest BCUT2D eigenvalue weighted by Crippen LogP contribution is -2.38. The SMILES string of the molecule is CC(C)(O)C(O)CCNS(C)(=O)=O. The summed E-state index contributed by atoms with van der Waals surface area (Å²) in [6.07, 6.45) is 0.307. The molecule has 0 aliphatic carbocycles. The Hall–Kier alpha value is -0.170. The molecule has 3 N–H and O–H groups in total. The van der Waals surface area contributed by atoms with E-state index in [9.17, 15) is 18.6 Å². The Balaban J connectivity index is 3.80. The predicted octanol–water partition coefficient (Wildman–Crippen LogP) is -0.942. The maximum Gasteiger partial charge on any atom is 0.208 e. The second kappa shape index (κ2) is 4.36. The molecule has 0 fully saturated rings. The van der Waals surface area contributed by atoms with Crippen LogP contribution in [0.5, 0.6) is 0 Å². The van der Waals surface area contributed by atoms with E-state index in [1.165, 1.54) is 13.8 Å². The maximum atomic E-state index is 10.6. The van der Waals surface area contributed by atoms with Crippen LogP contribution >= 0.6 is 0 Å². The van der Waals surface area contributed by atoms with Crippen LogP contribution in [0.2, 0.25) is 0 Å². The molecule has 13 heavy (non-hydrogen) atoms. The van der Waals surface area contributed by atoms with E-state index in [0.29, 0.717) is 0 Å². The first-order chi connectivity index (χ1) is 5.63. The number of sulfonamides is 1. The van der Waals surface area contributed by atoms with Crippen molar-refractivity contribution in [3.8, 4) is 0 Å². The van der Waals surface area contributed by atoms with Gasteiger partial charge in [0.2, 0.25) is 10.0 Å². The van der Waals surface area contributed by atoms with E-state index in [1.807, 2.05) is 0 Å². The van der Waals surface area contributed by atoms with E-state index in [4.69, 9.17) is 0 Å². The lowest BCUT2D eigenvalue weighted by Gasteiger charge is -2.24. The van der Waals surface area contributed by atoms with Gasteiger partial charge in [0.05, 0.1) is 18.0 Å². The van der Waals surface area contributed by atoms with Gasteiger partial charge >= 0.3 is 0 Å². The molecule has 0 aromatic rings. The van der Waals surface area contributed by atoms with Gasteiger partial charge in [-0.2, -0.15) is 0 Å². The van der Waals surface area contributed by atoms with Crippen molar-refractivity contribution in [2.75, 3.05) is 12.8 Å². The zero-order valence-corrected chi connectivity index (χ0v) is 8.93. The molecule has 0 amide bonds. The second-order valence-electron chi connectivity index (χ2n) is 3.62. The van der Waals surface area contributed by atoms with Crippen molar-refractivity contribution in [1.82, 2.24) is 4.72 Å². The van der Waals surface area contributed by atoms with Gasteiger partial charge in [0.25, 0.3) is 0 Å². The van der Waals surface area contributed by atoms with E-state index in [0.717, 1.165) is 6.26 Å². The van der Waals surface area contributed by atoms with Crippen molar-refractivity contribution < 1.29 is 18.6 Å². The summed E-state index contributed by atoms with van der Waals surface area (Å²) in [4.78, 5) is 0. The van der Waals surface area contributed by atoms with E-state index in [2.05, 4.69) is 4.72 Å². The summed E-state index contributed by atoms with van der Waals surface area (Å²) in [7, 11) is -3.21. The molecule has 1 unspecified atom stereocenters. The third-order valence-electron chi connectivity index (χ3n) is 1.60. The van der Waals surface area contributed by atoms with E-state index < -0.39 is 21.7 Å². The summed E-state index contributed by atoms with van der Waals surface area (Å²) < 4.78 is 23.4. The van der Waals surface area contributed by atoms with Crippen LogP contribution in [-0.4, -0.2) is 43.1 Å². The average molecular weight is 211 g/mol.